The van der Waals surface area contributed by atoms with Gasteiger partial charge in [-0.05, 0) is 42.7 Å². The van der Waals surface area contributed by atoms with Crippen molar-refractivity contribution in [3.8, 4) is 11.5 Å². The van der Waals surface area contributed by atoms with Gasteiger partial charge in [0.2, 0.25) is 0 Å². The summed E-state index contributed by atoms with van der Waals surface area (Å²) >= 11 is 0. The molecule has 4 heteroatoms. The lowest BCUT2D eigenvalue weighted by Crippen LogP contribution is -2.15. The minimum atomic E-state index is -1.15. The Morgan fingerprint density at radius 3 is 2.05 bits per heavy atom. The van der Waals surface area contributed by atoms with Crippen LogP contribution in [-0.4, -0.2) is 21.3 Å². The van der Waals surface area contributed by atoms with Gasteiger partial charge in [-0.15, -0.1) is 0 Å². The van der Waals surface area contributed by atoms with Crippen LogP contribution in [0.4, 0.5) is 0 Å². The summed E-state index contributed by atoms with van der Waals surface area (Å²) in [5.74, 6) is -1.69. The number of rotatable bonds is 4. The van der Waals surface area contributed by atoms with Gasteiger partial charge in [0, 0.05) is 5.56 Å². The molecule has 1 aromatic rings. The molecule has 116 valence electrons. The Balaban J connectivity index is 2.73. The molecule has 0 heterocycles. The standard InChI is InChI=1S/C17H24O4/c1-3-11-12(4-2)15(18)16(19)14(17(20)21)13(11)10-8-6-5-7-9-10/h10,18-19H,3-9H2,1-2H3,(H,20,21). The average Bonchev–Trinajstić information content (AvgIpc) is 2.49. The predicted octanol–water partition coefficient (Wildman–Crippen LogP) is 3.97. The zero-order chi connectivity index (χ0) is 15.6. The second-order valence-corrected chi connectivity index (χ2v) is 5.79. The molecule has 1 aliphatic rings. The van der Waals surface area contributed by atoms with Crippen molar-refractivity contribution in [3.05, 3.63) is 22.3 Å². The van der Waals surface area contributed by atoms with E-state index in [2.05, 4.69) is 0 Å². The van der Waals surface area contributed by atoms with Crippen molar-refractivity contribution >= 4 is 5.97 Å². The van der Waals surface area contributed by atoms with E-state index in [1.165, 1.54) is 6.42 Å². The molecule has 3 N–H and O–H groups in total. The molecule has 0 amide bonds. The molecular weight excluding hydrogens is 268 g/mol. The topological polar surface area (TPSA) is 77.8 Å². The summed E-state index contributed by atoms with van der Waals surface area (Å²) in [6, 6.07) is 0. The van der Waals surface area contributed by atoms with Gasteiger partial charge in [-0.1, -0.05) is 33.1 Å². The highest BCUT2D eigenvalue weighted by molar-refractivity contribution is 5.95. The minimum Gasteiger partial charge on any atom is -0.504 e. The first-order chi connectivity index (χ1) is 10.0. The number of aromatic hydroxyl groups is 2. The normalized spacial score (nSPS) is 16.1. The molecule has 0 saturated heterocycles. The number of phenolic OH excluding ortho intramolecular Hbond substituents is 1. The van der Waals surface area contributed by atoms with Crippen LogP contribution in [0.1, 0.15) is 78.9 Å². The van der Waals surface area contributed by atoms with Gasteiger partial charge in [0.25, 0.3) is 0 Å². The van der Waals surface area contributed by atoms with E-state index in [1.54, 1.807) is 0 Å². The zero-order valence-corrected chi connectivity index (χ0v) is 12.8. The van der Waals surface area contributed by atoms with Gasteiger partial charge in [-0.25, -0.2) is 4.79 Å². The van der Waals surface area contributed by atoms with E-state index in [1.807, 2.05) is 13.8 Å². The van der Waals surface area contributed by atoms with Crippen LogP contribution in [0.15, 0.2) is 0 Å². The maximum Gasteiger partial charge on any atom is 0.339 e. The van der Waals surface area contributed by atoms with Crippen LogP contribution in [0.5, 0.6) is 11.5 Å². The van der Waals surface area contributed by atoms with E-state index >= 15 is 0 Å². The van der Waals surface area contributed by atoms with Gasteiger partial charge in [-0.2, -0.15) is 0 Å². The van der Waals surface area contributed by atoms with E-state index < -0.39 is 11.7 Å². The van der Waals surface area contributed by atoms with Gasteiger partial charge in [-0.3, -0.25) is 0 Å². The zero-order valence-electron chi connectivity index (χ0n) is 12.8. The van der Waals surface area contributed by atoms with Crippen LogP contribution in [0, 0.1) is 0 Å². The Hall–Kier alpha value is -1.71. The third-order valence-electron chi connectivity index (χ3n) is 4.64. The molecular formula is C17H24O4. The molecule has 21 heavy (non-hydrogen) atoms. The maximum absolute atomic E-state index is 11.6. The summed E-state index contributed by atoms with van der Waals surface area (Å²) in [5, 5.41) is 29.8. The molecule has 0 radical (unpaired) electrons. The second kappa shape index (κ2) is 6.37. The van der Waals surface area contributed by atoms with Crippen molar-refractivity contribution in [1.29, 1.82) is 0 Å². The number of carboxylic acids is 1. The van der Waals surface area contributed by atoms with Crippen LogP contribution < -0.4 is 0 Å². The quantitative estimate of drug-likeness (QED) is 0.734. The maximum atomic E-state index is 11.6. The average molecular weight is 292 g/mol. The highest BCUT2D eigenvalue weighted by Crippen LogP contribution is 2.45. The lowest BCUT2D eigenvalue weighted by molar-refractivity contribution is 0.0690. The fourth-order valence-electron chi connectivity index (χ4n) is 3.69. The van der Waals surface area contributed by atoms with Crippen LogP contribution in [-0.2, 0) is 12.8 Å². The number of phenols is 2. The number of hydrogen-bond donors (Lipinski definition) is 3. The monoisotopic (exact) mass is 292 g/mol. The van der Waals surface area contributed by atoms with Gasteiger partial charge in [0.15, 0.2) is 11.5 Å². The summed E-state index contributed by atoms with van der Waals surface area (Å²) < 4.78 is 0. The Morgan fingerprint density at radius 2 is 1.57 bits per heavy atom. The second-order valence-electron chi connectivity index (χ2n) is 5.79. The summed E-state index contributed by atoms with van der Waals surface area (Å²) in [6.07, 6.45) is 6.55. The summed E-state index contributed by atoms with van der Waals surface area (Å²) in [4.78, 5) is 11.6. The number of hydrogen-bond acceptors (Lipinski definition) is 3. The Kier molecular flexibility index (Phi) is 4.76. The van der Waals surface area contributed by atoms with Gasteiger partial charge in [0.1, 0.15) is 5.56 Å². The number of carboxylic acid groups (broad SMARTS) is 1. The summed E-state index contributed by atoms with van der Waals surface area (Å²) in [7, 11) is 0. The Bertz CT molecular complexity index is 542. The SMILES string of the molecule is CCc1c(O)c(O)c(C(=O)O)c(C2CCCCC2)c1CC. The minimum absolute atomic E-state index is 0.0894. The van der Waals surface area contributed by atoms with Crippen molar-refractivity contribution in [1.82, 2.24) is 0 Å². The smallest absolute Gasteiger partial charge is 0.339 e. The van der Waals surface area contributed by atoms with Crippen LogP contribution in [0.2, 0.25) is 0 Å². The fourth-order valence-corrected chi connectivity index (χ4v) is 3.69. The number of benzene rings is 1. The van der Waals surface area contributed by atoms with Crippen molar-refractivity contribution in [2.24, 2.45) is 0 Å². The molecule has 0 unspecified atom stereocenters. The molecule has 0 spiro atoms. The number of aromatic carboxylic acids is 1. The van der Waals surface area contributed by atoms with Gasteiger partial charge < -0.3 is 15.3 Å². The van der Waals surface area contributed by atoms with Crippen molar-refractivity contribution < 1.29 is 20.1 Å². The molecule has 0 bridgehead atoms. The van der Waals surface area contributed by atoms with Crippen LogP contribution in [0.3, 0.4) is 0 Å². The molecule has 0 aliphatic heterocycles. The first-order valence-electron chi connectivity index (χ1n) is 7.85. The Labute approximate surface area is 125 Å². The molecule has 0 atom stereocenters. The highest BCUT2D eigenvalue weighted by atomic mass is 16.4. The fraction of sp³-hybridized carbons (Fsp3) is 0.588. The molecule has 1 aromatic carbocycles. The highest BCUT2D eigenvalue weighted by Gasteiger charge is 2.30. The lowest BCUT2D eigenvalue weighted by Gasteiger charge is -2.28. The predicted molar refractivity (Wildman–Crippen MR) is 81.3 cm³/mol. The lowest BCUT2D eigenvalue weighted by atomic mass is 9.77. The van der Waals surface area contributed by atoms with Crippen LogP contribution in [0.25, 0.3) is 0 Å². The van der Waals surface area contributed by atoms with Crippen molar-refractivity contribution in [2.45, 2.75) is 64.7 Å². The first kappa shape index (κ1) is 15.7. The van der Waals surface area contributed by atoms with Crippen molar-refractivity contribution in [3.63, 3.8) is 0 Å². The molecule has 2 rings (SSSR count). The molecule has 1 fully saturated rings. The number of carbonyl (C=O) groups is 1. The molecule has 0 aromatic heterocycles. The first-order valence-corrected chi connectivity index (χ1v) is 7.85. The Morgan fingerprint density at radius 1 is 1.00 bits per heavy atom. The largest absolute Gasteiger partial charge is 0.504 e. The van der Waals surface area contributed by atoms with E-state index in [0.717, 1.165) is 36.8 Å². The van der Waals surface area contributed by atoms with Gasteiger partial charge in [0.05, 0.1) is 0 Å². The molecule has 1 saturated carbocycles. The molecule has 1 aliphatic carbocycles. The third-order valence-corrected chi connectivity index (χ3v) is 4.64. The summed E-state index contributed by atoms with van der Waals surface area (Å²) in [5.41, 5.74) is 2.28. The van der Waals surface area contributed by atoms with Gasteiger partial charge >= 0.3 is 5.97 Å². The summed E-state index contributed by atoms with van der Waals surface area (Å²) in [6.45, 7) is 3.89. The van der Waals surface area contributed by atoms with E-state index in [0.29, 0.717) is 18.4 Å². The van der Waals surface area contributed by atoms with Crippen LogP contribution >= 0.6 is 0 Å². The van der Waals surface area contributed by atoms with E-state index in [9.17, 15) is 20.1 Å². The van der Waals surface area contributed by atoms with Crippen molar-refractivity contribution in [2.75, 3.05) is 0 Å². The third kappa shape index (κ3) is 2.71. The van der Waals surface area contributed by atoms with E-state index in [-0.39, 0.29) is 17.2 Å². The molecule has 4 nitrogen and oxygen atoms in total. The van der Waals surface area contributed by atoms with E-state index in [4.69, 9.17) is 0 Å².